The molecule has 0 unspecified atom stereocenters. The fraction of sp³-hybridized carbons (Fsp3) is 0.611. The Bertz CT molecular complexity index is 531. The van der Waals surface area contributed by atoms with Gasteiger partial charge in [-0.3, -0.25) is 0 Å². The van der Waals surface area contributed by atoms with Gasteiger partial charge in [-0.25, -0.2) is 4.79 Å². The molecular weight excluding hydrogens is 292 g/mol. The van der Waals surface area contributed by atoms with Crippen LogP contribution in [0.4, 0.5) is 10.5 Å². The minimum Gasteiger partial charge on any atom is -0.493 e. The Morgan fingerprint density at radius 3 is 2.96 bits per heavy atom. The Balaban J connectivity index is 1.98. The molecule has 1 fully saturated rings. The lowest BCUT2D eigenvalue weighted by molar-refractivity contribution is 0.166. The van der Waals surface area contributed by atoms with Crippen LogP contribution in [0.2, 0.25) is 0 Å². The molecular formula is C18H28N2O3. The highest BCUT2D eigenvalue weighted by Crippen LogP contribution is 2.24. The van der Waals surface area contributed by atoms with E-state index in [0.717, 1.165) is 36.3 Å². The third-order valence-electron chi connectivity index (χ3n) is 4.24. The molecule has 1 aromatic carbocycles. The van der Waals surface area contributed by atoms with Gasteiger partial charge in [0.2, 0.25) is 0 Å². The number of carbonyl (C=O) groups excluding carboxylic acids is 1. The number of carbonyl (C=O) groups is 1. The number of anilines is 1. The van der Waals surface area contributed by atoms with Crippen LogP contribution in [0, 0.1) is 12.8 Å². The molecule has 1 aromatic rings. The fourth-order valence-corrected chi connectivity index (χ4v) is 2.73. The van der Waals surface area contributed by atoms with Crippen LogP contribution >= 0.6 is 0 Å². The van der Waals surface area contributed by atoms with E-state index in [4.69, 9.17) is 4.74 Å². The summed E-state index contributed by atoms with van der Waals surface area (Å²) in [7, 11) is 0. The topological polar surface area (TPSA) is 61.8 Å². The van der Waals surface area contributed by atoms with E-state index in [1.54, 1.807) is 4.90 Å². The van der Waals surface area contributed by atoms with E-state index in [1.165, 1.54) is 0 Å². The molecule has 2 amide bonds. The van der Waals surface area contributed by atoms with Crippen LogP contribution < -0.4 is 10.1 Å². The zero-order valence-corrected chi connectivity index (χ0v) is 14.3. The largest absolute Gasteiger partial charge is 0.493 e. The van der Waals surface area contributed by atoms with E-state index in [1.807, 2.05) is 25.1 Å². The van der Waals surface area contributed by atoms with Crippen molar-refractivity contribution >= 4 is 11.7 Å². The monoisotopic (exact) mass is 320 g/mol. The van der Waals surface area contributed by atoms with Gasteiger partial charge < -0.3 is 20.1 Å². The van der Waals surface area contributed by atoms with E-state index < -0.39 is 0 Å². The van der Waals surface area contributed by atoms with Crippen molar-refractivity contribution in [2.24, 2.45) is 5.92 Å². The van der Waals surface area contributed by atoms with Crippen molar-refractivity contribution in [1.82, 2.24) is 4.90 Å². The first-order valence-electron chi connectivity index (χ1n) is 8.43. The Morgan fingerprint density at radius 1 is 1.48 bits per heavy atom. The van der Waals surface area contributed by atoms with Crippen LogP contribution in [0.3, 0.4) is 0 Å². The van der Waals surface area contributed by atoms with Gasteiger partial charge in [0.15, 0.2) is 0 Å². The molecule has 2 rings (SSSR count). The fourth-order valence-electron chi connectivity index (χ4n) is 2.73. The predicted molar refractivity (Wildman–Crippen MR) is 92.0 cm³/mol. The number of likely N-dealkylation sites (tertiary alicyclic amines) is 1. The number of amides is 2. The molecule has 0 aromatic heterocycles. The first kappa shape index (κ1) is 17.6. The summed E-state index contributed by atoms with van der Waals surface area (Å²) in [5.41, 5.74) is 1.78. The van der Waals surface area contributed by atoms with Crippen LogP contribution in [0.25, 0.3) is 0 Å². The number of nitrogens with zero attached hydrogens (tertiary/aromatic N) is 1. The highest BCUT2D eigenvalue weighted by atomic mass is 16.5. The van der Waals surface area contributed by atoms with Crippen LogP contribution in [-0.2, 0) is 0 Å². The second kappa shape index (κ2) is 8.20. The van der Waals surface area contributed by atoms with Crippen molar-refractivity contribution in [3.8, 4) is 5.75 Å². The number of hydrogen-bond acceptors (Lipinski definition) is 3. The molecule has 1 atom stereocenters. The normalized spacial score (nSPS) is 17.6. The number of hydrogen-bond donors (Lipinski definition) is 2. The molecule has 2 N–H and O–H groups in total. The summed E-state index contributed by atoms with van der Waals surface area (Å²) in [6, 6.07) is 5.48. The van der Waals surface area contributed by atoms with E-state index in [0.29, 0.717) is 19.1 Å². The SMILES string of the molecule is Cc1ccc(NC(=O)N2CCC[C@@H]2CO)cc1OCCC(C)C. The molecule has 1 heterocycles. The van der Waals surface area contributed by atoms with Gasteiger partial charge in [0, 0.05) is 18.3 Å². The summed E-state index contributed by atoms with van der Waals surface area (Å²) in [6.07, 6.45) is 2.81. The molecule has 5 heteroatoms. The summed E-state index contributed by atoms with van der Waals surface area (Å²) in [6.45, 7) is 7.72. The van der Waals surface area contributed by atoms with Gasteiger partial charge in [-0.15, -0.1) is 0 Å². The molecule has 128 valence electrons. The lowest BCUT2D eigenvalue weighted by Gasteiger charge is -2.23. The second-order valence-electron chi connectivity index (χ2n) is 6.61. The van der Waals surface area contributed by atoms with Crippen molar-refractivity contribution in [1.29, 1.82) is 0 Å². The van der Waals surface area contributed by atoms with Crippen molar-refractivity contribution in [3.05, 3.63) is 23.8 Å². The average Bonchev–Trinajstić information content (AvgIpc) is 2.98. The molecule has 5 nitrogen and oxygen atoms in total. The number of aryl methyl sites for hydroxylation is 1. The summed E-state index contributed by atoms with van der Waals surface area (Å²) >= 11 is 0. The third-order valence-corrected chi connectivity index (χ3v) is 4.24. The number of nitrogens with one attached hydrogen (secondary N) is 1. The van der Waals surface area contributed by atoms with Gasteiger partial charge in [0.05, 0.1) is 19.3 Å². The minimum absolute atomic E-state index is 0.0187. The maximum atomic E-state index is 12.3. The van der Waals surface area contributed by atoms with E-state index in [-0.39, 0.29) is 18.7 Å². The number of aliphatic hydroxyl groups is 1. The number of aliphatic hydroxyl groups excluding tert-OH is 1. The highest BCUT2D eigenvalue weighted by Gasteiger charge is 2.28. The van der Waals surface area contributed by atoms with Gasteiger partial charge in [-0.2, -0.15) is 0 Å². The van der Waals surface area contributed by atoms with Gasteiger partial charge in [-0.1, -0.05) is 19.9 Å². The standard InChI is InChI=1S/C18H28N2O3/c1-13(2)8-10-23-17-11-15(7-6-14(17)3)19-18(22)20-9-4-5-16(20)12-21/h6-7,11,13,16,21H,4-5,8-10,12H2,1-3H3,(H,19,22)/t16-/m1/s1. The lowest BCUT2D eigenvalue weighted by atomic mass is 10.1. The summed E-state index contributed by atoms with van der Waals surface area (Å²) in [4.78, 5) is 14.1. The Morgan fingerprint density at radius 2 is 2.26 bits per heavy atom. The van der Waals surface area contributed by atoms with E-state index in [2.05, 4.69) is 19.2 Å². The Hall–Kier alpha value is -1.75. The Labute approximate surface area is 138 Å². The van der Waals surface area contributed by atoms with Gasteiger partial charge in [0.25, 0.3) is 0 Å². The summed E-state index contributed by atoms with van der Waals surface area (Å²) in [5.74, 6) is 1.41. The smallest absolute Gasteiger partial charge is 0.322 e. The molecule has 0 radical (unpaired) electrons. The highest BCUT2D eigenvalue weighted by molar-refractivity contribution is 5.90. The van der Waals surface area contributed by atoms with E-state index >= 15 is 0 Å². The van der Waals surface area contributed by atoms with Gasteiger partial charge >= 0.3 is 6.03 Å². The zero-order chi connectivity index (χ0) is 16.8. The first-order valence-corrected chi connectivity index (χ1v) is 8.43. The van der Waals surface area contributed by atoms with Crippen LogP contribution in [0.15, 0.2) is 18.2 Å². The number of rotatable bonds is 6. The molecule has 0 saturated carbocycles. The van der Waals surface area contributed by atoms with Crippen molar-refractivity contribution in [2.45, 2.75) is 46.1 Å². The van der Waals surface area contributed by atoms with Crippen molar-refractivity contribution < 1.29 is 14.6 Å². The average molecular weight is 320 g/mol. The molecule has 23 heavy (non-hydrogen) atoms. The number of ether oxygens (including phenoxy) is 1. The third kappa shape index (κ3) is 4.86. The van der Waals surface area contributed by atoms with Crippen molar-refractivity contribution in [3.63, 3.8) is 0 Å². The Kier molecular flexibility index (Phi) is 6.28. The molecule has 0 bridgehead atoms. The minimum atomic E-state index is -0.154. The van der Waals surface area contributed by atoms with E-state index in [9.17, 15) is 9.90 Å². The van der Waals surface area contributed by atoms with Gasteiger partial charge in [0.1, 0.15) is 5.75 Å². The maximum absolute atomic E-state index is 12.3. The maximum Gasteiger partial charge on any atom is 0.322 e. The van der Waals surface area contributed by atoms with Crippen LogP contribution in [0.1, 0.15) is 38.7 Å². The molecule has 1 saturated heterocycles. The predicted octanol–water partition coefficient (Wildman–Crippen LogP) is 3.41. The van der Waals surface area contributed by atoms with Gasteiger partial charge in [-0.05, 0) is 43.7 Å². The molecule has 1 aliphatic rings. The second-order valence-corrected chi connectivity index (χ2v) is 6.61. The first-order chi connectivity index (χ1) is 11.0. The van der Waals surface area contributed by atoms with Crippen LogP contribution in [-0.4, -0.2) is 41.8 Å². The quantitative estimate of drug-likeness (QED) is 0.844. The summed E-state index contributed by atoms with van der Waals surface area (Å²) in [5, 5.41) is 12.2. The van der Waals surface area contributed by atoms with Crippen LogP contribution in [0.5, 0.6) is 5.75 Å². The molecule has 0 aliphatic carbocycles. The van der Waals surface area contributed by atoms with Crippen molar-refractivity contribution in [2.75, 3.05) is 25.1 Å². The number of urea groups is 1. The number of benzene rings is 1. The zero-order valence-electron chi connectivity index (χ0n) is 14.3. The molecule has 1 aliphatic heterocycles. The molecule has 0 spiro atoms. The summed E-state index contributed by atoms with van der Waals surface area (Å²) < 4.78 is 5.83. The lowest BCUT2D eigenvalue weighted by Crippen LogP contribution is -2.40.